The van der Waals surface area contributed by atoms with E-state index in [1.54, 1.807) is 28.8 Å². The van der Waals surface area contributed by atoms with Crippen LogP contribution in [0.2, 0.25) is 5.02 Å². The first kappa shape index (κ1) is 12.7. The number of halogens is 1. The number of fused-ring (bicyclic) bond motifs is 1. The van der Waals surface area contributed by atoms with Crippen LogP contribution in [0.3, 0.4) is 0 Å². The summed E-state index contributed by atoms with van der Waals surface area (Å²) in [7, 11) is 0. The third-order valence-corrected chi connectivity index (χ3v) is 3.33. The predicted octanol–water partition coefficient (Wildman–Crippen LogP) is 3.28. The van der Waals surface area contributed by atoms with Gasteiger partial charge in [-0.15, -0.1) is 0 Å². The number of pyridine rings is 1. The second kappa shape index (κ2) is 4.98. The molecule has 3 aromatic rings. The van der Waals surface area contributed by atoms with Gasteiger partial charge in [0.25, 0.3) is 0 Å². The van der Waals surface area contributed by atoms with Crippen molar-refractivity contribution in [3.8, 4) is 0 Å². The van der Waals surface area contributed by atoms with E-state index in [0.29, 0.717) is 17.3 Å². The molecule has 2 heterocycles. The molecule has 0 amide bonds. The second-order valence-corrected chi connectivity index (χ2v) is 4.89. The lowest BCUT2D eigenvalue weighted by molar-refractivity contribution is 0.0688. The number of rotatable bonds is 3. The van der Waals surface area contributed by atoms with Crippen LogP contribution in [0, 0.1) is 0 Å². The second-order valence-electron chi connectivity index (χ2n) is 4.46. The molecule has 1 aromatic carbocycles. The van der Waals surface area contributed by atoms with Gasteiger partial charge in [-0.2, -0.15) is 0 Å². The van der Waals surface area contributed by atoms with Crippen molar-refractivity contribution >= 4 is 23.1 Å². The first-order valence-electron chi connectivity index (χ1n) is 6.08. The fourth-order valence-electron chi connectivity index (χ4n) is 2.23. The summed E-state index contributed by atoms with van der Waals surface area (Å²) in [4.78, 5) is 15.6. The molecule has 4 nitrogen and oxygen atoms in total. The number of carboxylic acids is 1. The number of benzene rings is 1. The maximum Gasteiger partial charge on any atom is 0.352 e. The number of carbonyl (C=O) groups is 1. The Labute approximate surface area is 120 Å². The minimum atomic E-state index is -0.971. The summed E-state index contributed by atoms with van der Waals surface area (Å²) < 4.78 is 1.66. The summed E-state index contributed by atoms with van der Waals surface area (Å²) in [6, 6.07) is 12.6. The molecule has 100 valence electrons. The standard InChI is InChI=1S/C15H11ClN2O2/c16-11-4-1-3-10(7-11)8-14-17-9-12-5-2-6-13(15(19)20)18(12)14/h1-7,9H,8H2,(H,19,20). The van der Waals surface area contributed by atoms with Crippen molar-refractivity contribution in [1.82, 2.24) is 9.38 Å². The molecule has 0 saturated carbocycles. The van der Waals surface area contributed by atoms with Gasteiger partial charge in [0, 0.05) is 11.4 Å². The fourth-order valence-corrected chi connectivity index (χ4v) is 2.45. The Kier molecular flexibility index (Phi) is 3.16. The summed E-state index contributed by atoms with van der Waals surface area (Å²) in [5, 5.41) is 9.92. The van der Waals surface area contributed by atoms with E-state index in [2.05, 4.69) is 4.98 Å². The van der Waals surface area contributed by atoms with Gasteiger partial charge in [0.05, 0.1) is 11.7 Å². The van der Waals surface area contributed by atoms with Crippen molar-refractivity contribution in [1.29, 1.82) is 0 Å². The largest absolute Gasteiger partial charge is 0.477 e. The monoisotopic (exact) mass is 286 g/mol. The molecule has 0 saturated heterocycles. The van der Waals surface area contributed by atoms with Gasteiger partial charge in [-0.3, -0.25) is 4.40 Å². The number of nitrogens with zero attached hydrogens (tertiary/aromatic N) is 2. The first-order chi connectivity index (χ1) is 9.65. The van der Waals surface area contributed by atoms with E-state index < -0.39 is 5.97 Å². The van der Waals surface area contributed by atoms with Gasteiger partial charge in [-0.05, 0) is 29.8 Å². The van der Waals surface area contributed by atoms with Crippen LogP contribution in [0.15, 0.2) is 48.7 Å². The van der Waals surface area contributed by atoms with Crippen molar-refractivity contribution in [2.45, 2.75) is 6.42 Å². The molecule has 20 heavy (non-hydrogen) atoms. The van der Waals surface area contributed by atoms with Crippen molar-refractivity contribution in [3.63, 3.8) is 0 Å². The topological polar surface area (TPSA) is 54.6 Å². The minimum absolute atomic E-state index is 0.206. The smallest absolute Gasteiger partial charge is 0.352 e. The molecule has 0 aliphatic heterocycles. The van der Waals surface area contributed by atoms with E-state index in [-0.39, 0.29) is 5.69 Å². The zero-order chi connectivity index (χ0) is 14.1. The average molecular weight is 287 g/mol. The molecular weight excluding hydrogens is 276 g/mol. The number of hydrogen-bond donors (Lipinski definition) is 1. The molecule has 2 aromatic heterocycles. The molecule has 1 N–H and O–H groups in total. The van der Waals surface area contributed by atoms with E-state index >= 15 is 0 Å². The number of imidazole rings is 1. The van der Waals surface area contributed by atoms with Gasteiger partial charge in [0.2, 0.25) is 0 Å². The van der Waals surface area contributed by atoms with Crippen molar-refractivity contribution in [2.75, 3.05) is 0 Å². The summed E-state index contributed by atoms with van der Waals surface area (Å²) in [5.41, 5.74) is 1.96. The molecule has 0 aliphatic carbocycles. The fraction of sp³-hybridized carbons (Fsp3) is 0.0667. The quantitative estimate of drug-likeness (QED) is 0.804. The van der Waals surface area contributed by atoms with Crippen LogP contribution >= 0.6 is 11.6 Å². The summed E-state index contributed by atoms with van der Waals surface area (Å²) in [6.45, 7) is 0. The zero-order valence-corrected chi connectivity index (χ0v) is 11.2. The highest BCUT2D eigenvalue weighted by molar-refractivity contribution is 6.30. The lowest BCUT2D eigenvalue weighted by Gasteiger charge is -2.06. The SMILES string of the molecule is O=C(O)c1cccc2cnc(Cc3cccc(Cl)c3)n12. The molecule has 0 radical (unpaired) electrons. The van der Waals surface area contributed by atoms with Crippen LogP contribution in [0.25, 0.3) is 5.52 Å². The first-order valence-corrected chi connectivity index (χ1v) is 6.46. The molecule has 0 aliphatic rings. The average Bonchev–Trinajstić information content (AvgIpc) is 2.82. The Morgan fingerprint density at radius 1 is 1.25 bits per heavy atom. The van der Waals surface area contributed by atoms with Crippen LogP contribution in [0.5, 0.6) is 0 Å². The van der Waals surface area contributed by atoms with Crippen molar-refractivity contribution < 1.29 is 9.90 Å². The summed E-state index contributed by atoms with van der Waals surface area (Å²) in [6.07, 6.45) is 2.20. The lowest BCUT2D eigenvalue weighted by Crippen LogP contribution is -2.08. The molecule has 0 bridgehead atoms. The van der Waals surface area contributed by atoms with Crippen molar-refractivity contribution in [3.05, 3.63) is 70.8 Å². The van der Waals surface area contributed by atoms with Gasteiger partial charge in [0.1, 0.15) is 11.5 Å². The maximum absolute atomic E-state index is 11.3. The Bertz CT molecular complexity index is 795. The van der Waals surface area contributed by atoms with Crippen LogP contribution in [-0.4, -0.2) is 20.5 Å². The molecule has 3 rings (SSSR count). The van der Waals surface area contributed by atoms with Crippen LogP contribution in [0.4, 0.5) is 0 Å². The maximum atomic E-state index is 11.3. The number of carboxylic acid groups (broad SMARTS) is 1. The molecule has 5 heteroatoms. The van der Waals surface area contributed by atoms with Crippen molar-refractivity contribution in [2.24, 2.45) is 0 Å². The van der Waals surface area contributed by atoms with E-state index in [1.165, 1.54) is 0 Å². The summed E-state index contributed by atoms with van der Waals surface area (Å²) >= 11 is 5.96. The van der Waals surface area contributed by atoms with Crippen LogP contribution in [-0.2, 0) is 6.42 Å². The molecule has 0 fully saturated rings. The Hall–Kier alpha value is -2.33. The van der Waals surface area contributed by atoms with Gasteiger partial charge >= 0.3 is 5.97 Å². The van der Waals surface area contributed by atoms with Crippen LogP contribution < -0.4 is 0 Å². The normalized spacial score (nSPS) is 10.8. The third kappa shape index (κ3) is 2.26. The van der Waals surface area contributed by atoms with E-state index in [9.17, 15) is 9.90 Å². The Balaban J connectivity index is 2.10. The Morgan fingerprint density at radius 3 is 2.80 bits per heavy atom. The van der Waals surface area contributed by atoms with E-state index in [0.717, 1.165) is 11.1 Å². The van der Waals surface area contributed by atoms with E-state index in [4.69, 9.17) is 11.6 Å². The van der Waals surface area contributed by atoms with Gasteiger partial charge < -0.3 is 5.11 Å². The lowest BCUT2D eigenvalue weighted by atomic mass is 10.1. The highest BCUT2D eigenvalue weighted by atomic mass is 35.5. The highest BCUT2D eigenvalue weighted by Crippen LogP contribution is 2.17. The number of hydrogen-bond acceptors (Lipinski definition) is 2. The van der Waals surface area contributed by atoms with Gasteiger partial charge in [-0.25, -0.2) is 9.78 Å². The number of aromatic carboxylic acids is 1. The predicted molar refractivity (Wildman–Crippen MR) is 76.4 cm³/mol. The summed E-state index contributed by atoms with van der Waals surface area (Å²) in [5.74, 6) is -0.291. The zero-order valence-electron chi connectivity index (χ0n) is 10.5. The molecule has 0 unspecified atom stereocenters. The van der Waals surface area contributed by atoms with Crippen LogP contribution in [0.1, 0.15) is 21.9 Å². The third-order valence-electron chi connectivity index (χ3n) is 3.09. The highest BCUT2D eigenvalue weighted by Gasteiger charge is 2.13. The number of aromatic nitrogens is 2. The Morgan fingerprint density at radius 2 is 2.05 bits per heavy atom. The van der Waals surface area contributed by atoms with Gasteiger partial charge in [-0.1, -0.05) is 29.8 Å². The minimum Gasteiger partial charge on any atom is -0.477 e. The van der Waals surface area contributed by atoms with Gasteiger partial charge in [0.15, 0.2) is 0 Å². The van der Waals surface area contributed by atoms with E-state index in [1.807, 2.05) is 24.3 Å². The molecule has 0 atom stereocenters. The molecular formula is C15H11ClN2O2. The molecule has 0 spiro atoms.